The number of ether oxygens (including phenoxy) is 3. The average Bonchev–Trinajstić information content (AvgIpc) is 3.02. The zero-order chi connectivity index (χ0) is 17.8. The zero-order valence-corrected chi connectivity index (χ0v) is 13.5. The fourth-order valence-electron chi connectivity index (χ4n) is 2.32. The number of nitrogens with one attached hydrogen (secondary N) is 1. The van der Waals surface area contributed by atoms with Gasteiger partial charge in [-0.15, -0.1) is 0 Å². The summed E-state index contributed by atoms with van der Waals surface area (Å²) in [6.45, 7) is 1.60. The number of benzene rings is 2. The van der Waals surface area contributed by atoms with Gasteiger partial charge in [0.2, 0.25) is 6.79 Å². The van der Waals surface area contributed by atoms with Crippen molar-refractivity contribution >= 4 is 17.6 Å². The summed E-state index contributed by atoms with van der Waals surface area (Å²) in [5.41, 5.74) is 0.982. The lowest BCUT2D eigenvalue weighted by molar-refractivity contribution is -0.152. The van der Waals surface area contributed by atoms with E-state index in [9.17, 15) is 14.0 Å². The highest BCUT2D eigenvalue weighted by Crippen LogP contribution is 2.34. The van der Waals surface area contributed by atoms with Gasteiger partial charge >= 0.3 is 5.97 Å². The third-order valence-corrected chi connectivity index (χ3v) is 3.56. The van der Waals surface area contributed by atoms with Gasteiger partial charge in [0.1, 0.15) is 5.82 Å². The largest absolute Gasteiger partial charge is 0.454 e. The fourth-order valence-corrected chi connectivity index (χ4v) is 2.32. The van der Waals surface area contributed by atoms with E-state index in [0.29, 0.717) is 22.7 Å². The third kappa shape index (κ3) is 4.26. The first-order valence-corrected chi connectivity index (χ1v) is 7.66. The van der Waals surface area contributed by atoms with Gasteiger partial charge in [-0.25, -0.2) is 4.39 Å². The predicted molar refractivity (Wildman–Crippen MR) is 86.9 cm³/mol. The van der Waals surface area contributed by atoms with Crippen LogP contribution in [-0.2, 0) is 20.7 Å². The summed E-state index contributed by atoms with van der Waals surface area (Å²) in [4.78, 5) is 24.0. The van der Waals surface area contributed by atoms with E-state index in [-0.39, 0.29) is 13.2 Å². The number of halogens is 1. The molecular weight excluding hydrogens is 329 g/mol. The van der Waals surface area contributed by atoms with Gasteiger partial charge in [0.25, 0.3) is 5.91 Å². The Kier molecular flexibility index (Phi) is 4.83. The smallest absolute Gasteiger partial charge is 0.311 e. The topological polar surface area (TPSA) is 73.9 Å². The number of carbonyl (C=O) groups is 2. The number of anilines is 1. The highest BCUT2D eigenvalue weighted by Gasteiger charge is 2.20. The van der Waals surface area contributed by atoms with Crippen molar-refractivity contribution in [3.63, 3.8) is 0 Å². The lowest BCUT2D eigenvalue weighted by Crippen LogP contribution is -2.30. The predicted octanol–water partition coefficient (Wildman–Crippen LogP) is 2.67. The average molecular weight is 345 g/mol. The molecule has 3 rings (SSSR count). The SMILES string of the molecule is CC(OC(=O)Cc1cccc(F)c1)C(=O)Nc1ccc2c(c1)OCO2. The van der Waals surface area contributed by atoms with Crippen molar-refractivity contribution in [2.24, 2.45) is 0 Å². The molecule has 1 unspecified atom stereocenters. The van der Waals surface area contributed by atoms with Gasteiger partial charge in [0, 0.05) is 11.8 Å². The molecular formula is C18H16FNO5. The molecule has 1 aliphatic heterocycles. The number of hydrogen-bond donors (Lipinski definition) is 1. The molecule has 1 atom stereocenters. The molecule has 1 heterocycles. The van der Waals surface area contributed by atoms with Crippen molar-refractivity contribution < 1.29 is 28.2 Å². The van der Waals surface area contributed by atoms with E-state index in [1.165, 1.54) is 25.1 Å². The van der Waals surface area contributed by atoms with Gasteiger partial charge in [-0.05, 0) is 36.8 Å². The number of hydrogen-bond acceptors (Lipinski definition) is 5. The van der Waals surface area contributed by atoms with Crippen LogP contribution >= 0.6 is 0 Å². The van der Waals surface area contributed by atoms with E-state index < -0.39 is 23.8 Å². The van der Waals surface area contributed by atoms with E-state index in [4.69, 9.17) is 14.2 Å². The van der Waals surface area contributed by atoms with Gasteiger partial charge in [-0.1, -0.05) is 12.1 Å². The van der Waals surface area contributed by atoms with Crippen LogP contribution in [0.25, 0.3) is 0 Å². The highest BCUT2D eigenvalue weighted by atomic mass is 19.1. The summed E-state index contributed by atoms with van der Waals surface area (Å²) in [6.07, 6.45) is -1.11. The van der Waals surface area contributed by atoms with Crippen LogP contribution in [0.2, 0.25) is 0 Å². The standard InChI is InChI=1S/C18H16FNO5/c1-11(25-17(21)8-12-3-2-4-13(19)7-12)18(22)20-14-5-6-15-16(9-14)24-10-23-15/h2-7,9,11H,8,10H2,1H3,(H,20,22). The maximum absolute atomic E-state index is 13.1. The Morgan fingerprint density at radius 1 is 1.20 bits per heavy atom. The molecule has 0 saturated carbocycles. The lowest BCUT2D eigenvalue weighted by Gasteiger charge is -2.14. The Balaban J connectivity index is 1.54. The van der Waals surface area contributed by atoms with E-state index >= 15 is 0 Å². The molecule has 0 spiro atoms. The Bertz CT molecular complexity index is 808. The number of fused-ring (bicyclic) bond motifs is 1. The first kappa shape index (κ1) is 16.8. The van der Waals surface area contributed by atoms with Crippen molar-refractivity contribution in [1.29, 1.82) is 0 Å². The number of amides is 1. The van der Waals surface area contributed by atoms with E-state index in [1.54, 1.807) is 24.3 Å². The van der Waals surface area contributed by atoms with Gasteiger partial charge in [-0.2, -0.15) is 0 Å². The van der Waals surface area contributed by atoms with Crippen LogP contribution in [0.3, 0.4) is 0 Å². The molecule has 0 aliphatic carbocycles. The molecule has 6 nitrogen and oxygen atoms in total. The molecule has 25 heavy (non-hydrogen) atoms. The maximum atomic E-state index is 13.1. The number of rotatable bonds is 5. The summed E-state index contributed by atoms with van der Waals surface area (Å²) in [5, 5.41) is 2.64. The Hall–Kier alpha value is -3.09. The van der Waals surface area contributed by atoms with Crippen molar-refractivity contribution in [2.45, 2.75) is 19.4 Å². The van der Waals surface area contributed by atoms with Crippen LogP contribution in [-0.4, -0.2) is 24.8 Å². The minimum absolute atomic E-state index is 0.112. The van der Waals surface area contributed by atoms with Gasteiger partial charge in [-0.3, -0.25) is 9.59 Å². The minimum atomic E-state index is -0.994. The zero-order valence-electron chi connectivity index (χ0n) is 13.5. The van der Waals surface area contributed by atoms with E-state index in [1.807, 2.05) is 0 Å². The molecule has 1 N–H and O–H groups in total. The van der Waals surface area contributed by atoms with Crippen molar-refractivity contribution in [2.75, 3.05) is 12.1 Å². The monoisotopic (exact) mass is 345 g/mol. The minimum Gasteiger partial charge on any atom is -0.454 e. The Labute approximate surface area is 143 Å². The second-order valence-corrected chi connectivity index (χ2v) is 5.50. The number of carbonyl (C=O) groups excluding carboxylic acids is 2. The van der Waals surface area contributed by atoms with Crippen LogP contribution < -0.4 is 14.8 Å². The van der Waals surface area contributed by atoms with Crippen LogP contribution in [0.15, 0.2) is 42.5 Å². The molecule has 1 aliphatic rings. The molecule has 0 saturated heterocycles. The van der Waals surface area contributed by atoms with Crippen molar-refractivity contribution in [3.8, 4) is 11.5 Å². The van der Waals surface area contributed by atoms with Crippen LogP contribution in [0.5, 0.6) is 11.5 Å². The molecule has 0 fully saturated rings. The highest BCUT2D eigenvalue weighted by molar-refractivity contribution is 5.95. The van der Waals surface area contributed by atoms with Crippen molar-refractivity contribution in [3.05, 3.63) is 53.8 Å². The second kappa shape index (κ2) is 7.21. The van der Waals surface area contributed by atoms with Crippen LogP contribution in [0.4, 0.5) is 10.1 Å². The van der Waals surface area contributed by atoms with Crippen molar-refractivity contribution in [1.82, 2.24) is 0 Å². The molecule has 0 bridgehead atoms. The molecule has 0 aromatic heterocycles. The first-order valence-electron chi connectivity index (χ1n) is 7.66. The Morgan fingerprint density at radius 3 is 2.80 bits per heavy atom. The maximum Gasteiger partial charge on any atom is 0.311 e. The quantitative estimate of drug-likeness (QED) is 0.844. The normalized spacial score (nSPS) is 13.2. The molecule has 2 aromatic rings. The summed E-state index contributed by atoms with van der Waals surface area (Å²) in [5.74, 6) is -0.384. The third-order valence-electron chi connectivity index (χ3n) is 3.56. The first-order chi connectivity index (χ1) is 12.0. The molecule has 7 heteroatoms. The summed E-state index contributed by atoms with van der Waals surface area (Å²) >= 11 is 0. The summed E-state index contributed by atoms with van der Waals surface area (Å²) in [6, 6.07) is 10.6. The van der Waals surface area contributed by atoms with Crippen LogP contribution in [0.1, 0.15) is 12.5 Å². The van der Waals surface area contributed by atoms with Crippen LogP contribution in [0, 0.1) is 5.82 Å². The van der Waals surface area contributed by atoms with Gasteiger partial charge in [0.15, 0.2) is 17.6 Å². The summed E-state index contributed by atoms with van der Waals surface area (Å²) < 4.78 is 28.6. The van der Waals surface area contributed by atoms with E-state index in [0.717, 1.165) is 0 Å². The molecule has 2 aromatic carbocycles. The summed E-state index contributed by atoms with van der Waals surface area (Å²) in [7, 11) is 0. The Morgan fingerprint density at radius 2 is 2.00 bits per heavy atom. The molecule has 1 amide bonds. The van der Waals surface area contributed by atoms with Gasteiger partial charge < -0.3 is 19.5 Å². The fraction of sp³-hybridized carbons (Fsp3) is 0.222. The number of esters is 1. The molecule has 130 valence electrons. The van der Waals surface area contributed by atoms with E-state index in [2.05, 4.69) is 5.32 Å². The second-order valence-electron chi connectivity index (χ2n) is 5.50. The van der Waals surface area contributed by atoms with Gasteiger partial charge in [0.05, 0.1) is 6.42 Å². The molecule has 0 radical (unpaired) electrons. The lowest BCUT2D eigenvalue weighted by atomic mass is 10.1.